The molecule has 1 aromatic rings. The van der Waals surface area contributed by atoms with Crippen molar-refractivity contribution in [3.05, 3.63) is 28.8 Å². The molecule has 1 saturated heterocycles. The van der Waals surface area contributed by atoms with Gasteiger partial charge in [0.15, 0.2) is 0 Å². The molecular weight excluding hydrogens is 307 g/mol. The SMILES string of the molecule is O=C(CC1CCOCC1)Nc1cc(C(F)(F)F)ccc1Cl. The molecule has 116 valence electrons. The van der Waals surface area contributed by atoms with Crippen molar-refractivity contribution in [2.75, 3.05) is 18.5 Å². The lowest BCUT2D eigenvalue weighted by Crippen LogP contribution is -2.22. The molecule has 1 amide bonds. The molecule has 0 aromatic heterocycles. The summed E-state index contributed by atoms with van der Waals surface area (Å²) in [6, 6.07) is 2.87. The van der Waals surface area contributed by atoms with Gasteiger partial charge in [0.25, 0.3) is 0 Å². The summed E-state index contributed by atoms with van der Waals surface area (Å²) in [4.78, 5) is 11.9. The van der Waals surface area contributed by atoms with Crippen LogP contribution in [0.15, 0.2) is 18.2 Å². The normalized spacial score (nSPS) is 16.8. The molecule has 21 heavy (non-hydrogen) atoms. The average Bonchev–Trinajstić information content (AvgIpc) is 2.41. The summed E-state index contributed by atoms with van der Waals surface area (Å²) >= 11 is 5.83. The largest absolute Gasteiger partial charge is 0.416 e. The van der Waals surface area contributed by atoms with Gasteiger partial charge in [0.2, 0.25) is 5.91 Å². The Balaban J connectivity index is 2.02. The highest BCUT2D eigenvalue weighted by molar-refractivity contribution is 6.33. The van der Waals surface area contributed by atoms with Crippen LogP contribution in [0.5, 0.6) is 0 Å². The van der Waals surface area contributed by atoms with Gasteiger partial charge in [-0.25, -0.2) is 0 Å². The number of carbonyl (C=O) groups is 1. The molecule has 0 saturated carbocycles. The van der Waals surface area contributed by atoms with E-state index in [-0.39, 0.29) is 29.0 Å². The van der Waals surface area contributed by atoms with Gasteiger partial charge in [0.05, 0.1) is 16.3 Å². The molecule has 1 fully saturated rings. The molecule has 0 radical (unpaired) electrons. The fourth-order valence-corrected chi connectivity index (χ4v) is 2.38. The van der Waals surface area contributed by atoms with Gasteiger partial charge in [-0.2, -0.15) is 13.2 Å². The van der Waals surface area contributed by atoms with E-state index in [0.717, 1.165) is 31.0 Å². The van der Waals surface area contributed by atoms with E-state index in [9.17, 15) is 18.0 Å². The van der Waals surface area contributed by atoms with Gasteiger partial charge < -0.3 is 10.1 Å². The molecule has 3 nitrogen and oxygen atoms in total. The zero-order chi connectivity index (χ0) is 15.5. The monoisotopic (exact) mass is 321 g/mol. The zero-order valence-corrected chi connectivity index (χ0v) is 11.9. The molecule has 7 heteroatoms. The van der Waals surface area contributed by atoms with E-state index in [4.69, 9.17) is 16.3 Å². The Morgan fingerprint density at radius 1 is 1.33 bits per heavy atom. The predicted molar refractivity (Wildman–Crippen MR) is 73.2 cm³/mol. The summed E-state index contributed by atoms with van der Waals surface area (Å²) in [7, 11) is 0. The number of anilines is 1. The fraction of sp³-hybridized carbons (Fsp3) is 0.500. The van der Waals surface area contributed by atoms with E-state index in [1.165, 1.54) is 0 Å². The number of carbonyl (C=O) groups excluding carboxylic acids is 1. The van der Waals surface area contributed by atoms with Gasteiger partial charge in [-0.15, -0.1) is 0 Å². The average molecular weight is 322 g/mol. The molecule has 1 heterocycles. The molecule has 2 rings (SSSR count). The number of alkyl halides is 3. The highest BCUT2D eigenvalue weighted by atomic mass is 35.5. The van der Waals surface area contributed by atoms with Crippen molar-refractivity contribution in [2.24, 2.45) is 5.92 Å². The van der Waals surface area contributed by atoms with Crippen LogP contribution in [0.4, 0.5) is 18.9 Å². The maximum atomic E-state index is 12.6. The zero-order valence-electron chi connectivity index (χ0n) is 11.2. The molecule has 1 aliphatic rings. The van der Waals surface area contributed by atoms with Gasteiger partial charge in [0.1, 0.15) is 0 Å². The number of amides is 1. The van der Waals surface area contributed by atoms with Crippen LogP contribution >= 0.6 is 11.6 Å². The lowest BCUT2D eigenvalue weighted by atomic mass is 9.96. The van der Waals surface area contributed by atoms with Gasteiger partial charge in [-0.1, -0.05) is 11.6 Å². The lowest BCUT2D eigenvalue weighted by Gasteiger charge is -2.21. The minimum atomic E-state index is -4.47. The third kappa shape index (κ3) is 4.61. The maximum Gasteiger partial charge on any atom is 0.416 e. The maximum absolute atomic E-state index is 12.6. The summed E-state index contributed by atoms with van der Waals surface area (Å²) in [5.74, 6) is -0.133. The molecule has 0 aliphatic carbocycles. The van der Waals surface area contributed by atoms with Crippen molar-refractivity contribution in [3.63, 3.8) is 0 Å². The van der Waals surface area contributed by atoms with Crippen molar-refractivity contribution in [1.29, 1.82) is 0 Å². The van der Waals surface area contributed by atoms with Crippen LogP contribution in [0.1, 0.15) is 24.8 Å². The molecule has 1 N–H and O–H groups in total. The number of nitrogens with one attached hydrogen (secondary N) is 1. The first-order valence-electron chi connectivity index (χ1n) is 6.60. The molecule has 0 bridgehead atoms. The Hall–Kier alpha value is -1.27. The number of halogens is 4. The van der Waals surface area contributed by atoms with Crippen molar-refractivity contribution in [1.82, 2.24) is 0 Å². The highest BCUT2D eigenvalue weighted by Crippen LogP contribution is 2.34. The summed E-state index contributed by atoms with van der Waals surface area (Å²) in [5, 5.41) is 2.54. The number of hydrogen-bond donors (Lipinski definition) is 1. The lowest BCUT2D eigenvalue weighted by molar-refractivity contribution is -0.137. The quantitative estimate of drug-likeness (QED) is 0.909. The molecule has 0 atom stereocenters. The smallest absolute Gasteiger partial charge is 0.381 e. The van der Waals surface area contributed by atoms with Gasteiger partial charge in [-0.05, 0) is 37.0 Å². The second kappa shape index (κ2) is 6.66. The first-order chi connectivity index (χ1) is 9.86. The number of ether oxygens (including phenoxy) is 1. The van der Waals surface area contributed by atoms with Crippen molar-refractivity contribution >= 4 is 23.2 Å². The van der Waals surface area contributed by atoms with Crippen molar-refractivity contribution < 1.29 is 22.7 Å². The second-order valence-electron chi connectivity index (χ2n) is 5.00. The van der Waals surface area contributed by atoms with E-state index in [1.54, 1.807) is 0 Å². The Kier molecular flexibility index (Phi) is 5.11. The van der Waals surface area contributed by atoms with Crippen LogP contribution in [0.25, 0.3) is 0 Å². The van der Waals surface area contributed by atoms with Crippen LogP contribution in [0, 0.1) is 5.92 Å². The summed E-state index contributed by atoms with van der Waals surface area (Å²) in [6.45, 7) is 1.23. The first-order valence-corrected chi connectivity index (χ1v) is 6.98. The second-order valence-corrected chi connectivity index (χ2v) is 5.41. The van der Waals surface area contributed by atoms with Crippen LogP contribution < -0.4 is 5.32 Å². The van der Waals surface area contributed by atoms with Crippen molar-refractivity contribution in [3.8, 4) is 0 Å². The minimum Gasteiger partial charge on any atom is -0.381 e. The molecule has 0 unspecified atom stereocenters. The number of benzene rings is 1. The first kappa shape index (κ1) is 16.1. The molecular formula is C14H15ClF3NO2. The highest BCUT2D eigenvalue weighted by Gasteiger charge is 2.31. The van der Waals surface area contributed by atoms with E-state index < -0.39 is 11.7 Å². The van der Waals surface area contributed by atoms with Crippen LogP contribution in [0.3, 0.4) is 0 Å². The summed E-state index contributed by atoms with van der Waals surface area (Å²) in [6.07, 6.45) is -2.64. The number of rotatable bonds is 3. The molecule has 1 aromatic carbocycles. The topological polar surface area (TPSA) is 38.3 Å². The summed E-state index contributed by atoms with van der Waals surface area (Å²) in [5.41, 5.74) is -0.850. The Morgan fingerprint density at radius 3 is 2.62 bits per heavy atom. The predicted octanol–water partition coefficient (Wildman–Crippen LogP) is 4.11. The molecule has 1 aliphatic heterocycles. The minimum absolute atomic E-state index is 0.0106. The number of hydrogen-bond acceptors (Lipinski definition) is 2. The van der Waals surface area contributed by atoms with E-state index in [1.807, 2.05) is 0 Å². The summed E-state index contributed by atoms with van der Waals surface area (Å²) < 4.78 is 43.1. The third-order valence-corrected chi connectivity index (χ3v) is 3.71. The van der Waals surface area contributed by atoms with E-state index >= 15 is 0 Å². The van der Waals surface area contributed by atoms with E-state index in [0.29, 0.717) is 13.2 Å². The third-order valence-electron chi connectivity index (χ3n) is 3.38. The van der Waals surface area contributed by atoms with Crippen LogP contribution in [-0.2, 0) is 15.7 Å². The van der Waals surface area contributed by atoms with E-state index in [2.05, 4.69) is 5.32 Å². The van der Waals surface area contributed by atoms with Gasteiger partial charge >= 0.3 is 6.18 Å². The van der Waals surface area contributed by atoms with Gasteiger partial charge in [0, 0.05) is 19.6 Å². The fourth-order valence-electron chi connectivity index (χ4n) is 2.21. The Bertz CT molecular complexity index is 513. The van der Waals surface area contributed by atoms with Crippen molar-refractivity contribution in [2.45, 2.75) is 25.4 Å². The van der Waals surface area contributed by atoms with Gasteiger partial charge in [-0.3, -0.25) is 4.79 Å². The standard InChI is InChI=1S/C14H15ClF3NO2/c15-11-2-1-10(14(16,17)18)8-12(11)19-13(20)7-9-3-5-21-6-4-9/h1-2,8-9H,3-7H2,(H,19,20). The van der Waals surface area contributed by atoms with Crippen LogP contribution in [-0.4, -0.2) is 19.1 Å². The van der Waals surface area contributed by atoms with Crippen LogP contribution in [0.2, 0.25) is 5.02 Å². The Labute approximate surface area is 125 Å². The Morgan fingerprint density at radius 2 is 2.00 bits per heavy atom. The molecule has 0 spiro atoms.